The highest BCUT2D eigenvalue weighted by Crippen LogP contribution is 2.34. The summed E-state index contributed by atoms with van der Waals surface area (Å²) in [5.41, 5.74) is 0.231. The third kappa shape index (κ3) is 4.14. The van der Waals surface area contributed by atoms with Gasteiger partial charge in [0.15, 0.2) is 9.84 Å². The molecule has 148 valence electrons. The smallest absolute Gasteiger partial charge is 0.288 e. The highest BCUT2D eigenvalue weighted by Gasteiger charge is 2.34. The number of carbonyl (C=O) groups excluding carboxylic acids is 1. The summed E-state index contributed by atoms with van der Waals surface area (Å²) in [6.07, 6.45) is 0.188. The second-order valence-electron chi connectivity index (χ2n) is 6.38. The van der Waals surface area contributed by atoms with Crippen molar-refractivity contribution in [2.24, 2.45) is 0 Å². The highest BCUT2D eigenvalue weighted by atomic mass is 35.5. The molecule has 0 aliphatic carbocycles. The molecule has 1 aliphatic rings. The second-order valence-corrected chi connectivity index (χ2v) is 9.50. The minimum absolute atomic E-state index is 0.00145. The molecule has 2 aromatic carbocycles. The van der Waals surface area contributed by atoms with Crippen LogP contribution in [0.15, 0.2) is 42.5 Å². The highest BCUT2D eigenvalue weighted by molar-refractivity contribution is 7.91. The van der Waals surface area contributed by atoms with Crippen LogP contribution in [0.5, 0.6) is 0 Å². The normalized spacial score (nSPS) is 19.1. The first-order chi connectivity index (χ1) is 13.2. The molecule has 0 saturated carbocycles. The van der Waals surface area contributed by atoms with Crippen LogP contribution in [0.25, 0.3) is 0 Å². The van der Waals surface area contributed by atoms with E-state index in [-0.39, 0.29) is 41.5 Å². The van der Waals surface area contributed by atoms with Crippen molar-refractivity contribution in [1.82, 2.24) is 4.90 Å². The summed E-state index contributed by atoms with van der Waals surface area (Å²) >= 11 is 12.0. The Morgan fingerprint density at radius 3 is 2.50 bits per heavy atom. The van der Waals surface area contributed by atoms with Crippen molar-refractivity contribution in [3.63, 3.8) is 0 Å². The van der Waals surface area contributed by atoms with Gasteiger partial charge in [0, 0.05) is 29.7 Å². The molecular formula is C18H16Cl2N2O5S. The van der Waals surface area contributed by atoms with E-state index in [0.29, 0.717) is 10.6 Å². The van der Waals surface area contributed by atoms with Crippen LogP contribution in [0.1, 0.15) is 27.6 Å². The van der Waals surface area contributed by atoms with Crippen LogP contribution in [0.4, 0.5) is 5.69 Å². The van der Waals surface area contributed by atoms with E-state index >= 15 is 0 Å². The Morgan fingerprint density at radius 1 is 1.11 bits per heavy atom. The number of sulfone groups is 1. The zero-order valence-corrected chi connectivity index (χ0v) is 16.9. The summed E-state index contributed by atoms with van der Waals surface area (Å²) in [6.45, 7) is 0.183. The van der Waals surface area contributed by atoms with Gasteiger partial charge in [-0.15, -0.1) is 0 Å². The molecule has 1 atom stereocenters. The lowest BCUT2D eigenvalue weighted by Crippen LogP contribution is -2.33. The van der Waals surface area contributed by atoms with Crippen LogP contribution in [-0.2, 0) is 9.84 Å². The van der Waals surface area contributed by atoms with Gasteiger partial charge in [0.2, 0.25) is 0 Å². The molecule has 1 heterocycles. The van der Waals surface area contributed by atoms with Crippen LogP contribution in [0.2, 0.25) is 10.0 Å². The summed E-state index contributed by atoms with van der Waals surface area (Å²) in [5, 5.41) is 10.5. The van der Waals surface area contributed by atoms with Gasteiger partial charge in [0.1, 0.15) is 5.02 Å². The average Bonchev–Trinajstić information content (AvgIpc) is 2.80. The topological polar surface area (TPSA) is 97.6 Å². The van der Waals surface area contributed by atoms with E-state index in [4.69, 9.17) is 23.2 Å². The van der Waals surface area contributed by atoms with Gasteiger partial charge >= 0.3 is 0 Å². The van der Waals surface area contributed by atoms with Crippen LogP contribution in [0.3, 0.4) is 0 Å². The number of hydrogen-bond donors (Lipinski definition) is 0. The summed E-state index contributed by atoms with van der Waals surface area (Å²) in [7, 11) is -3.52. The molecule has 3 rings (SSSR count). The third-order valence-electron chi connectivity index (χ3n) is 4.67. The number of rotatable bonds is 3. The van der Waals surface area contributed by atoms with E-state index in [1.54, 1.807) is 24.3 Å². The second kappa shape index (κ2) is 8.06. The number of halogens is 2. The van der Waals surface area contributed by atoms with Gasteiger partial charge in [-0.2, -0.15) is 0 Å². The molecule has 1 aliphatic heterocycles. The Labute approximate surface area is 171 Å². The number of nitro benzene ring substituents is 1. The molecule has 2 aromatic rings. The van der Waals surface area contributed by atoms with Crippen LogP contribution in [-0.4, -0.2) is 43.0 Å². The summed E-state index contributed by atoms with van der Waals surface area (Å²) in [6, 6.07) is 10.5. The van der Waals surface area contributed by atoms with Crippen molar-refractivity contribution in [2.45, 2.75) is 11.7 Å². The Morgan fingerprint density at radius 2 is 1.82 bits per heavy atom. The first-order valence-corrected chi connectivity index (χ1v) is 10.9. The average molecular weight is 443 g/mol. The van der Waals surface area contributed by atoms with E-state index in [2.05, 4.69) is 0 Å². The number of carbonyl (C=O) groups is 1. The van der Waals surface area contributed by atoms with E-state index < -0.39 is 25.9 Å². The van der Waals surface area contributed by atoms with E-state index in [0.717, 1.165) is 6.07 Å². The number of nitrogens with zero attached hydrogens (tertiary/aromatic N) is 2. The van der Waals surface area contributed by atoms with Gasteiger partial charge in [-0.1, -0.05) is 41.4 Å². The Kier molecular flexibility index (Phi) is 5.92. The fourth-order valence-corrected chi connectivity index (χ4v) is 5.54. The molecule has 0 radical (unpaired) electrons. The minimum atomic E-state index is -3.52. The zero-order chi connectivity index (χ0) is 20.5. The van der Waals surface area contributed by atoms with Gasteiger partial charge < -0.3 is 4.90 Å². The standard InChI is InChI=1S/C18H16Cl2N2O5S/c19-14-4-2-1-3-13(14)17-7-8-21(9-10-28(17,26)27)18(23)12-5-6-15(20)16(11-12)22(24)25/h1-6,11,17H,7-10H2. The zero-order valence-electron chi connectivity index (χ0n) is 14.5. The van der Waals surface area contributed by atoms with E-state index in [1.807, 2.05) is 0 Å². The molecular weight excluding hydrogens is 427 g/mol. The van der Waals surface area contributed by atoms with E-state index in [9.17, 15) is 23.3 Å². The SMILES string of the molecule is O=C(c1ccc(Cl)c([N+](=O)[O-])c1)N1CCC(c2ccccc2Cl)S(=O)(=O)CC1. The van der Waals surface area contributed by atoms with Crippen molar-refractivity contribution in [2.75, 3.05) is 18.8 Å². The summed E-state index contributed by atoms with van der Waals surface area (Å²) in [4.78, 5) is 24.6. The largest absolute Gasteiger partial charge is 0.338 e. The lowest BCUT2D eigenvalue weighted by molar-refractivity contribution is -0.384. The molecule has 1 fully saturated rings. The van der Waals surface area contributed by atoms with Gasteiger partial charge in [0.25, 0.3) is 11.6 Å². The maximum Gasteiger partial charge on any atom is 0.288 e. The summed E-state index contributed by atoms with van der Waals surface area (Å²) < 4.78 is 25.5. The van der Waals surface area contributed by atoms with E-state index in [1.165, 1.54) is 17.0 Å². The molecule has 0 N–H and O–H groups in total. The predicted octanol–water partition coefficient (Wildman–Crippen LogP) is 3.90. The number of nitro groups is 1. The van der Waals surface area contributed by atoms with Gasteiger partial charge in [-0.3, -0.25) is 14.9 Å². The number of hydrogen-bond acceptors (Lipinski definition) is 5. The lowest BCUT2D eigenvalue weighted by atomic mass is 10.1. The van der Waals surface area contributed by atoms with Crippen molar-refractivity contribution < 1.29 is 18.1 Å². The van der Waals surface area contributed by atoms with Gasteiger partial charge in [-0.05, 0) is 30.2 Å². The maximum absolute atomic E-state index is 12.8. The van der Waals surface area contributed by atoms with Crippen molar-refractivity contribution in [3.05, 3.63) is 73.8 Å². The van der Waals surface area contributed by atoms with Crippen molar-refractivity contribution in [1.29, 1.82) is 0 Å². The van der Waals surface area contributed by atoms with Crippen molar-refractivity contribution >= 4 is 44.6 Å². The molecule has 0 spiro atoms. The molecule has 1 unspecified atom stereocenters. The van der Waals surface area contributed by atoms with Gasteiger partial charge in [0.05, 0.1) is 15.9 Å². The molecule has 1 amide bonds. The first-order valence-electron chi connectivity index (χ1n) is 8.40. The first kappa shape index (κ1) is 20.6. The van der Waals surface area contributed by atoms with Gasteiger partial charge in [-0.25, -0.2) is 8.42 Å². The van der Waals surface area contributed by atoms with Crippen LogP contribution < -0.4 is 0 Å². The minimum Gasteiger partial charge on any atom is -0.338 e. The predicted molar refractivity (Wildman–Crippen MR) is 107 cm³/mol. The third-order valence-corrected chi connectivity index (χ3v) is 7.44. The number of benzene rings is 2. The monoisotopic (exact) mass is 442 g/mol. The van der Waals surface area contributed by atoms with Crippen LogP contribution in [0, 0.1) is 10.1 Å². The van der Waals surface area contributed by atoms with Crippen LogP contribution >= 0.6 is 23.2 Å². The fraction of sp³-hybridized carbons (Fsp3) is 0.278. The Hall–Kier alpha value is -2.16. The quantitative estimate of drug-likeness (QED) is 0.529. The maximum atomic E-state index is 12.8. The lowest BCUT2D eigenvalue weighted by Gasteiger charge is -2.20. The molecule has 10 heteroatoms. The Bertz CT molecular complexity index is 1040. The number of amides is 1. The summed E-state index contributed by atoms with van der Waals surface area (Å²) in [5.74, 6) is -0.695. The Balaban J connectivity index is 1.87. The molecule has 0 aromatic heterocycles. The molecule has 0 bridgehead atoms. The molecule has 7 nitrogen and oxygen atoms in total. The molecule has 1 saturated heterocycles. The molecule has 28 heavy (non-hydrogen) atoms. The van der Waals surface area contributed by atoms with Crippen molar-refractivity contribution in [3.8, 4) is 0 Å². The fourth-order valence-electron chi connectivity index (χ4n) is 3.20.